The lowest BCUT2D eigenvalue weighted by Gasteiger charge is -2.36. The molecule has 0 bridgehead atoms. The molecule has 1 saturated heterocycles. The zero-order valence-corrected chi connectivity index (χ0v) is 17.3. The highest BCUT2D eigenvalue weighted by atomic mass is 16.5. The van der Waals surface area contributed by atoms with Gasteiger partial charge in [-0.1, -0.05) is 30.3 Å². The number of ether oxygens (including phenoxy) is 2. The van der Waals surface area contributed by atoms with E-state index in [1.54, 1.807) is 24.3 Å². The molecule has 2 aromatic rings. The van der Waals surface area contributed by atoms with Crippen LogP contribution in [0.1, 0.15) is 54.6 Å². The van der Waals surface area contributed by atoms with E-state index < -0.39 is 11.4 Å². The summed E-state index contributed by atoms with van der Waals surface area (Å²) in [5.41, 5.74) is 0.646. The van der Waals surface area contributed by atoms with Crippen molar-refractivity contribution in [2.45, 2.75) is 38.6 Å². The summed E-state index contributed by atoms with van der Waals surface area (Å²) in [6.07, 6.45) is 2.90. The fraction of sp³-hybridized carbons (Fsp3) is 0.417. The highest BCUT2D eigenvalue weighted by Gasteiger charge is 2.40. The van der Waals surface area contributed by atoms with Crippen LogP contribution in [0.5, 0.6) is 5.75 Å². The number of carboxylic acids is 1. The summed E-state index contributed by atoms with van der Waals surface area (Å²) in [5, 5.41) is 12.2. The van der Waals surface area contributed by atoms with Crippen molar-refractivity contribution in [3.63, 3.8) is 0 Å². The standard InChI is InChI=1S/C24H29NO5/c1-18(19-8-10-20(11-9-19)22(26)27)25-23(28)24(13-16-29-17-14-24)12-5-15-30-21-6-3-2-4-7-21/h2-4,6-11,18H,5,12-17H2,1H3,(H,25,28)(H,26,27)/t18-/m0/s1. The minimum atomic E-state index is -0.961. The molecule has 2 N–H and O–H groups in total. The average molecular weight is 411 g/mol. The van der Waals surface area contributed by atoms with Crippen molar-refractivity contribution in [2.24, 2.45) is 5.41 Å². The van der Waals surface area contributed by atoms with E-state index in [-0.39, 0.29) is 17.5 Å². The van der Waals surface area contributed by atoms with E-state index in [0.717, 1.165) is 24.2 Å². The molecule has 1 fully saturated rings. The van der Waals surface area contributed by atoms with Crippen LogP contribution in [0.2, 0.25) is 0 Å². The third-order valence-corrected chi connectivity index (χ3v) is 5.75. The zero-order valence-electron chi connectivity index (χ0n) is 17.3. The van der Waals surface area contributed by atoms with Crippen LogP contribution in [0.4, 0.5) is 0 Å². The minimum absolute atomic E-state index is 0.0281. The number of hydrogen-bond acceptors (Lipinski definition) is 4. The van der Waals surface area contributed by atoms with Crippen molar-refractivity contribution >= 4 is 11.9 Å². The van der Waals surface area contributed by atoms with Gasteiger partial charge < -0.3 is 19.9 Å². The van der Waals surface area contributed by atoms with Gasteiger partial charge in [-0.05, 0) is 62.4 Å². The van der Waals surface area contributed by atoms with Crippen molar-refractivity contribution in [3.8, 4) is 5.75 Å². The predicted octanol–water partition coefficient (Wildman–Crippen LogP) is 4.22. The van der Waals surface area contributed by atoms with Crippen LogP contribution >= 0.6 is 0 Å². The Balaban J connectivity index is 1.59. The number of hydrogen-bond donors (Lipinski definition) is 2. The first-order valence-electron chi connectivity index (χ1n) is 10.4. The van der Waals surface area contributed by atoms with Crippen LogP contribution in [0.25, 0.3) is 0 Å². The van der Waals surface area contributed by atoms with E-state index >= 15 is 0 Å². The summed E-state index contributed by atoms with van der Waals surface area (Å²) in [5.74, 6) is -0.0983. The molecule has 1 aliphatic rings. The molecule has 0 aromatic heterocycles. The molecule has 30 heavy (non-hydrogen) atoms. The van der Waals surface area contributed by atoms with Crippen LogP contribution in [-0.4, -0.2) is 36.8 Å². The Hall–Kier alpha value is -2.86. The number of para-hydroxylation sites is 1. The SMILES string of the molecule is C[C@H](NC(=O)C1(CCCOc2ccccc2)CCOCC1)c1ccc(C(=O)O)cc1. The highest BCUT2D eigenvalue weighted by molar-refractivity contribution is 5.87. The monoisotopic (exact) mass is 411 g/mol. The van der Waals surface area contributed by atoms with E-state index in [1.807, 2.05) is 37.3 Å². The van der Waals surface area contributed by atoms with Gasteiger partial charge >= 0.3 is 5.97 Å². The van der Waals surface area contributed by atoms with Crippen LogP contribution in [-0.2, 0) is 9.53 Å². The van der Waals surface area contributed by atoms with Crippen molar-refractivity contribution < 1.29 is 24.2 Å². The van der Waals surface area contributed by atoms with Gasteiger partial charge in [0.2, 0.25) is 5.91 Å². The zero-order chi connectivity index (χ0) is 21.4. The molecule has 1 atom stereocenters. The second-order valence-electron chi connectivity index (χ2n) is 7.78. The highest BCUT2D eigenvalue weighted by Crippen LogP contribution is 2.36. The summed E-state index contributed by atoms with van der Waals surface area (Å²) in [6.45, 7) is 3.63. The molecule has 3 rings (SSSR count). The molecule has 0 saturated carbocycles. The van der Waals surface area contributed by atoms with E-state index in [2.05, 4.69) is 5.32 Å². The fourth-order valence-electron chi connectivity index (χ4n) is 3.82. The van der Waals surface area contributed by atoms with Crippen LogP contribution in [0.3, 0.4) is 0 Å². The predicted molar refractivity (Wildman–Crippen MR) is 114 cm³/mol. The van der Waals surface area contributed by atoms with E-state index in [0.29, 0.717) is 32.7 Å². The lowest BCUT2D eigenvalue weighted by Crippen LogP contribution is -2.45. The maximum atomic E-state index is 13.2. The van der Waals surface area contributed by atoms with E-state index in [1.165, 1.54) is 0 Å². The smallest absolute Gasteiger partial charge is 0.335 e. The summed E-state index contributed by atoms with van der Waals surface area (Å²) in [6, 6.07) is 16.1. The first kappa shape index (κ1) is 21.8. The summed E-state index contributed by atoms with van der Waals surface area (Å²) < 4.78 is 11.3. The molecular weight excluding hydrogens is 382 g/mol. The van der Waals surface area contributed by atoms with Gasteiger partial charge in [0.1, 0.15) is 5.75 Å². The van der Waals surface area contributed by atoms with E-state index in [9.17, 15) is 9.59 Å². The first-order chi connectivity index (χ1) is 14.5. The van der Waals surface area contributed by atoms with Gasteiger partial charge in [0.15, 0.2) is 0 Å². The lowest BCUT2D eigenvalue weighted by atomic mass is 9.75. The largest absolute Gasteiger partial charge is 0.494 e. The minimum Gasteiger partial charge on any atom is -0.494 e. The van der Waals surface area contributed by atoms with Crippen molar-refractivity contribution in [2.75, 3.05) is 19.8 Å². The Morgan fingerprint density at radius 2 is 1.77 bits per heavy atom. The molecule has 2 aromatic carbocycles. The average Bonchev–Trinajstić information content (AvgIpc) is 2.78. The molecule has 6 nitrogen and oxygen atoms in total. The number of amides is 1. The second kappa shape index (κ2) is 10.3. The summed E-state index contributed by atoms with van der Waals surface area (Å²) in [4.78, 5) is 24.3. The second-order valence-corrected chi connectivity index (χ2v) is 7.78. The number of carbonyl (C=O) groups excluding carboxylic acids is 1. The van der Waals surface area contributed by atoms with Crippen LogP contribution in [0, 0.1) is 5.41 Å². The lowest BCUT2D eigenvalue weighted by molar-refractivity contribution is -0.138. The Morgan fingerprint density at radius 1 is 1.10 bits per heavy atom. The van der Waals surface area contributed by atoms with Gasteiger partial charge in [-0.3, -0.25) is 4.79 Å². The van der Waals surface area contributed by atoms with Gasteiger partial charge in [-0.2, -0.15) is 0 Å². The Kier molecular flexibility index (Phi) is 7.46. The van der Waals surface area contributed by atoms with Gasteiger partial charge in [-0.15, -0.1) is 0 Å². The molecule has 0 spiro atoms. The molecule has 1 aliphatic heterocycles. The molecule has 6 heteroatoms. The Labute approximate surface area is 177 Å². The van der Waals surface area contributed by atoms with Crippen LogP contribution in [0.15, 0.2) is 54.6 Å². The van der Waals surface area contributed by atoms with Gasteiger partial charge in [0.05, 0.1) is 23.6 Å². The number of rotatable bonds is 9. The third kappa shape index (κ3) is 5.60. The summed E-state index contributed by atoms with van der Waals surface area (Å²) in [7, 11) is 0. The molecular formula is C24H29NO5. The summed E-state index contributed by atoms with van der Waals surface area (Å²) >= 11 is 0. The topological polar surface area (TPSA) is 84.9 Å². The van der Waals surface area contributed by atoms with Gasteiger partial charge in [0.25, 0.3) is 0 Å². The molecule has 1 heterocycles. The number of carboxylic acid groups (broad SMARTS) is 1. The van der Waals surface area contributed by atoms with Crippen molar-refractivity contribution in [1.29, 1.82) is 0 Å². The number of carbonyl (C=O) groups is 2. The Morgan fingerprint density at radius 3 is 2.40 bits per heavy atom. The maximum Gasteiger partial charge on any atom is 0.335 e. The van der Waals surface area contributed by atoms with Gasteiger partial charge in [-0.25, -0.2) is 4.79 Å². The van der Waals surface area contributed by atoms with E-state index in [4.69, 9.17) is 14.6 Å². The first-order valence-corrected chi connectivity index (χ1v) is 10.4. The quantitative estimate of drug-likeness (QED) is 0.604. The normalized spacial score (nSPS) is 16.4. The molecule has 0 unspecified atom stereocenters. The third-order valence-electron chi connectivity index (χ3n) is 5.75. The number of nitrogens with one attached hydrogen (secondary N) is 1. The fourth-order valence-corrected chi connectivity index (χ4v) is 3.82. The Bertz CT molecular complexity index is 828. The molecule has 1 amide bonds. The molecule has 0 radical (unpaired) electrons. The number of benzene rings is 2. The van der Waals surface area contributed by atoms with Crippen LogP contribution < -0.4 is 10.1 Å². The van der Waals surface area contributed by atoms with Crippen molar-refractivity contribution in [1.82, 2.24) is 5.32 Å². The van der Waals surface area contributed by atoms with Gasteiger partial charge in [0, 0.05) is 13.2 Å². The molecule has 160 valence electrons. The van der Waals surface area contributed by atoms with Crippen molar-refractivity contribution in [3.05, 3.63) is 65.7 Å². The maximum absolute atomic E-state index is 13.2. The molecule has 0 aliphatic carbocycles. The number of aromatic carboxylic acids is 1.